The van der Waals surface area contributed by atoms with Crippen LogP contribution in [0.3, 0.4) is 0 Å². The Hall–Kier alpha value is -1.36. The quantitative estimate of drug-likeness (QED) is 0.586. The minimum Gasteiger partial charge on any atom is -0.387 e. The highest BCUT2D eigenvalue weighted by Gasteiger charge is 2.39. The van der Waals surface area contributed by atoms with Crippen molar-refractivity contribution in [2.24, 2.45) is 0 Å². The highest BCUT2D eigenvalue weighted by atomic mass is 35.5. The molecule has 7 heteroatoms. The summed E-state index contributed by atoms with van der Waals surface area (Å²) in [5, 5.41) is 3.62. The smallest absolute Gasteiger partial charge is 0.387 e. The molecule has 128 valence electrons. The molecule has 2 aromatic carbocycles. The number of allylic oxidation sites excluding steroid dienone is 1. The Morgan fingerprint density at radius 2 is 1.62 bits per heavy atom. The van der Waals surface area contributed by atoms with E-state index in [1.54, 1.807) is 25.2 Å². The highest BCUT2D eigenvalue weighted by molar-refractivity contribution is 6.34. The monoisotopic (exact) mass is 393 g/mol. The van der Waals surface area contributed by atoms with Gasteiger partial charge >= 0.3 is 6.18 Å². The fourth-order valence-electron chi connectivity index (χ4n) is 2.21. The molecule has 0 aliphatic heterocycles. The lowest BCUT2D eigenvalue weighted by molar-refractivity contribution is -0.139. The standard InChI is InChI=1S/C17H13Cl3F3N/c1-24-16-5-3-10(6-15(16)20)2-4-14(17(21,22)23)11-7-12(18)9-13(19)8-11/h2-9,14,24H,1H3/b4-2+. The molecule has 1 N–H and O–H groups in total. The maximum Gasteiger partial charge on any atom is 0.399 e. The Morgan fingerprint density at radius 3 is 2.12 bits per heavy atom. The van der Waals surface area contributed by atoms with Crippen molar-refractivity contribution >= 4 is 46.6 Å². The first-order chi connectivity index (χ1) is 11.2. The van der Waals surface area contributed by atoms with Crippen molar-refractivity contribution in [1.82, 2.24) is 0 Å². The molecule has 0 aliphatic rings. The molecule has 0 aliphatic carbocycles. The fourth-order valence-corrected chi connectivity index (χ4v) is 3.04. The number of halogens is 6. The van der Waals surface area contributed by atoms with Gasteiger partial charge in [-0.15, -0.1) is 0 Å². The van der Waals surface area contributed by atoms with Crippen LogP contribution in [0.15, 0.2) is 42.5 Å². The molecule has 2 rings (SSSR count). The summed E-state index contributed by atoms with van der Waals surface area (Å²) < 4.78 is 40.2. The molecule has 1 atom stereocenters. The van der Waals surface area contributed by atoms with Crippen molar-refractivity contribution in [2.75, 3.05) is 12.4 Å². The molecule has 0 amide bonds. The van der Waals surface area contributed by atoms with E-state index in [4.69, 9.17) is 34.8 Å². The summed E-state index contributed by atoms with van der Waals surface area (Å²) in [6.07, 6.45) is -2.04. The van der Waals surface area contributed by atoms with E-state index in [2.05, 4.69) is 5.32 Å². The average Bonchev–Trinajstić information content (AvgIpc) is 2.45. The number of nitrogens with one attached hydrogen (secondary N) is 1. The van der Waals surface area contributed by atoms with E-state index in [9.17, 15) is 13.2 Å². The number of hydrogen-bond donors (Lipinski definition) is 1. The summed E-state index contributed by atoms with van der Waals surface area (Å²) in [4.78, 5) is 0. The second-order valence-electron chi connectivity index (χ2n) is 5.07. The van der Waals surface area contributed by atoms with E-state index in [1.807, 2.05) is 0 Å². The molecule has 0 spiro atoms. The van der Waals surface area contributed by atoms with Crippen LogP contribution >= 0.6 is 34.8 Å². The summed E-state index contributed by atoms with van der Waals surface area (Å²) in [5.41, 5.74) is 1.23. The van der Waals surface area contributed by atoms with Crippen molar-refractivity contribution in [3.05, 3.63) is 68.7 Å². The molecule has 24 heavy (non-hydrogen) atoms. The van der Waals surface area contributed by atoms with Crippen LogP contribution in [-0.4, -0.2) is 13.2 Å². The Morgan fingerprint density at radius 1 is 1.00 bits per heavy atom. The van der Waals surface area contributed by atoms with Crippen molar-refractivity contribution < 1.29 is 13.2 Å². The van der Waals surface area contributed by atoms with Gasteiger partial charge in [0.05, 0.1) is 16.6 Å². The second kappa shape index (κ2) is 7.68. The molecule has 2 aromatic rings. The number of anilines is 1. The minimum absolute atomic E-state index is 0.0193. The van der Waals surface area contributed by atoms with Gasteiger partial charge in [0, 0.05) is 17.1 Å². The molecule has 1 unspecified atom stereocenters. The van der Waals surface area contributed by atoms with Crippen molar-refractivity contribution in [3.63, 3.8) is 0 Å². The van der Waals surface area contributed by atoms with E-state index < -0.39 is 12.1 Å². The van der Waals surface area contributed by atoms with Gasteiger partial charge in [0.25, 0.3) is 0 Å². The minimum atomic E-state index is -4.47. The van der Waals surface area contributed by atoms with Crippen LogP contribution in [-0.2, 0) is 0 Å². The number of rotatable bonds is 4. The predicted molar refractivity (Wildman–Crippen MR) is 95.3 cm³/mol. The first-order valence-electron chi connectivity index (χ1n) is 6.89. The number of alkyl halides is 3. The largest absolute Gasteiger partial charge is 0.399 e. The summed E-state index contributed by atoms with van der Waals surface area (Å²) in [7, 11) is 1.71. The van der Waals surface area contributed by atoms with E-state index in [1.165, 1.54) is 24.3 Å². The van der Waals surface area contributed by atoms with Crippen LogP contribution in [0, 0.1) is 0 Å². The molecule has 0 aromatic heterocycles. The molecule has 0 saturated carbocycles. The Balaban J connectivity index is 2.38. The first-order valence-corrected chi connectivity index (χ1v) is 8.02. The van der Waals surface area contributed by atoms with Crippen molar-refractivity contribution in [2.45, 2.75) is 12.1 Å². The average molecular weight is 395 g/mol. The van der Waals surface area contributed by atoms with Gasteiger partial charge in [0.1, 0.15) is 0 Å². The SMILES string of the molecule is CNc1ccc(/C=C/C(c2cc(Cl)cc(Cl)c2)C(F)(F)F)cc1Cl. The van der Waals surface area contributed by atoms with Crippen molar-refractivity contribution in [3.8, 4) is 0 Å². The lowest BCUT2D eigenvalue weighted by atomic mass is 9.97. The third-order valence-electron chi connectivity index (χ3n) is 3.34. The van der Waals surface area contributed by atoms with Gasteiger partial charge in [-0.1, -0.05) is 53.0 Å². The Bertz CT molecular complexity index is 737. The maximum absolute atomic E-state index is 13.4. The molecule has 0 heterocycles. The summed E-state index contributed by atoms with van der Waals surface area (Å²) in [5.74, 6) is -1.82. The molecule has 0 bridgehead atoms. The van der Waals surface area contributed by atoms with Gasteiger partial charge in [-0.25, -0.2) is 0 Å². The van der Waals surface area contributed by atoms with Crippen LogP contribution < -0.4 is 5.32 Å². The van der Waals surface area contributed by atoms with Crippen LogP contribution in [0.1, 0.15) is 17.0 Å². The molecule has 1 nitrogen and oxygen atoms in total. The highest BCUT2D eigenvalue weighted by Crippen LogP contribution is 2.38. The van der Waals surface area contributed by atoms with E-state index in [0.717, 1.165) is 6.08 Å². The topological polar surface area (TPSA) is 12.0 Å². The van der Waals surface area contributed by atoms with Gasteiger partial charge in [0.2, 0.25) is 0 Å². The first kappa shape index (κ1) is 19.0. The van der Waals surface area contributed by atoms with Crippen LogP contribution in [0.5, 0.6) is 0 Å². The number of benzene rings is 2. The molecule has 0 radical (unpaired) electrons. The van der Waals surface area contributed by atoms with E-state index in [-0.39, 0.29) is 15.6 Å². The zero-order valence-corrected chi connectivity index (χ0v) is 14.7. The Kier molecular flexibility index (Phi) is 6.07. The summed E-state index contributed by atoms with van der Waals surface area (Å²) >= 11 is 17.7. The number of hydrogen-bond acceptors (Lipinski definition) is 1. The summed E-state index contributed by atoms with van der Waals surface area (Å²) in [6, 6.07) is 8.86. The lowest BCUT2D eigenvalue weighted by Gasteiger charge is -2.18. The predicted octanol–water partition coefficient (Wildman–Crippen LogP) is 7.05. The van der Waals surface area contributed by atoms with Gasteiger partial charge < -0.3 is 5.32 Å². The normalized spacial score (nSPS) is 13.3. The zero-order chi connectivity index (χ0) is 17.9. The van der Waals surface area contributed by atoms with E-state index in [0.29, 0.717) is 16.3 Å². The maximum atomic E-state index is 13.4. The molecular formula is C17H13Cl3F3N. The summed E-state index contributed by atoms with van der Waals surface area (Å²) in [6.45, 7) is 0. The fraction of sp³-hybridized carbons (Fsp3) is 0.176. The van der Waals surface area contributed by atoms with Gasteiger partial charge in [-0.2, -0.15) is 13.2 Å². The van der Waals surface area contributed by atoms with Crippen LogP contribution in [0.2, 0.25) is 15.1 Å². The molecular weight excluding hydrogens is 382 g/mol. The van der Waals surface area contributed by atoms with Crippen LogP contribution in [0.4, 0.5) is 18.9 Å². The zero-order valence-electron chi connectivity index (χ0n) is 12.5. The van der Waals surface area contributed by atoms with Crippen molar-refractivity contribution in [1.29, 1.82) is 0 Å². The van der Waals surface area contributed by atoms with Gasteiger partial charge in [-0.05, 0) is 41.5 Å². The second-order valence-corrected chi connectivity index (χ2v) is 6.35. The molecule has 0 fully saturated rings. The van der Waals surface area contributed by atoms with E-state index >= 15 is 0 Å². The lowest BCUT2D eigenvalue weighted by Crippen LogP contribution is -2.18. The Labute approximate surface area is 153 Å². The third-order valence-corrected chi connectivity index (χ3v) is 4.09. The molecule has 0 saturated heterocycles. The van der Waals surface area contributed by atoms with Gasteiger partial charge in [-0.3, -0.25) is 0 Å². The van der Waals surface area contributed by atoms with Gasteiger partial charge in [0.15, 0.2) is 0 Å². The van der Waals surface area contributed by atoms with Crippen LogP contribution in [0.25, 0.3) is 6.08 Å². The third kappa shape index (κ3) is 4.82.